The van der Waals surface area contributed by atoms with Crippen LogP contribution < -0.4 is 0 Å². The van der Waals surface area contributed by atoms with Crippen molar-refractivity contribution in [1.29, 1.82) is 0 Å². The van der Waals surface area contributed by atoms with E-state index in [1.165, 1.54) is 18.2 Å². The molecule has 0 spiro atoms. The summed E-state index contributed by atoms with van der Waals surface area (Å²) in [5, 5.41) is 10.4. The van der Waals surface area contributed by atoms with E-state index in [1.807, 2.05) is 0 Å². The summed E-state index contributed by atoms with van der Waals surface area (Å²) in [6.45, 7) is 0. The van der Waals surface area contributed by atoms with E-state index in [9.17, 15) is 14.3 Å². The first-order chi connectivity index (χ1) is 6.88. The maximum atomic E-state index is 10.5. The van der Waals surface area contributed by atoms with Crippen LogP contribution in [-0.4, -0.2) is 18.2 Å². The Morgan fingerprint density at radius 2 is 2.13 bits per heavy atom. The molecule has 0 bridgehead atoms. The zero-order valence-electron chi connectivity index (χ0n) is 7.40. The Balaban J connectivity index is 2.93. The molecule has 1 aromatic carbocycles. The van der Waals surface area contributed by atoms with Gasteiger partial charge in [-0.25, -0.2) is 0 Å². The minimum Gasteiger partial charge on any atom is -0.258 e. The highest BCUT2D eigenvalue weighted by Crippen LogP contribution is 2.13. The third kappa shape index (κ3) is 4.30. The van der Waals surface area contributed by atoms with E-state index in [2.05, 4.69) is 0 Å². The van der Waals surface area contributed by atoms with Gasteiger partial charge in [-0.05, 0) is 0 Å². The summed E-state index contributed by atoms with van der Waals surface area (Å²) in [6.07, 6.45) is 0. The van der Waals surface area contributed by atoms with Gasteiger partial charge in [0.1, 0.15) is 0 Å². The van der Waals surface area contributed by atoms with Gasteiger partial charge in [0.2, 0.25) is 5.75 Å². The second kappa shape index (κ2) is 4.62. The minimum absolute atomic E-state index is 0.0352. The lowest BCUT2D eigenvalue weighted by Crippen LogP contribution is -1.97. The monoisotopic (exact) mass is 250 g/mol. The van der Waals surface area contributed by atoms with Crippen molar-refractivity contribution in [2.75, 3.05) is 0 Å². The molecule has 0 fully saturated rings. The molecule has 82 valence electrons. The van der Waals surface area contributed by atoms with E-state index in [0.29, 0.717) is 15.9 Å². The predicted molar refractivity (Wildman–Crippen MR) is 57.6 cm³/mol. The second-order valence-corrected chi connectivity index (χ2v) is 6.07. The highest BCUT2D eigenvalue weighted by atomic mass is 32.9. The molecule has 6 nitrogen and oxygen atoms in total. The normalized spacial score (nSPS) is 11.1. The van der Waals surface area contributed by atoms with Crippen LogP contribution in [0.2, 0.25) is 0 Å². The van der Waals surface area contributed by atoms with Crippen LogP contribution >= 0.6 is 0 Å². The molecule has 0 unspecified atom stereocenters. The van der Waals surface area contributed by atoms with Gasteiger partial charge in [-0.2, -0.15) is 4.21 Å². The fourth-order valence-corrected chi connectivity index (χ4v) is 2.24. The van der Waals surface area contributed by atoms with Gasteiger partial charge < -0.3 is 0 Å². The number of hydrogen-bond acceptors (Lipinski definition) is 3. The Morgan fingerprint density at radius 1 is 1.47 bits per heavy atom. The van der Waals surface area contributed by atoms with Crippen molar-refractivity contribution >= 4 is 25.1 Å². The molecular formula is C7H8NO5S2+. The summed E-state index contributed by atoms with van der Waals surface area (Å²) in [5.41, 5.74) is 0.417. The quantitative estimate of drug-likeness (QED) is 0.478. The highest BCUT2D eigenvalue weighted by molar-refractivity contribution is 8.33. The molecule has 0 heterocycles. The topological polar surface area (TPSA) is 101 Å². The molecular weight excluding hydrogens is 242 g/mol. The number of hydrogen-bond donors (Lipinski definition) is 2. The number of nitro benzene ring substituents is 1. The van der Waals surface area contributed by atoms with Gasteiger partial charge in [-0.15, -0.1) is 0 Å². The standard InChI is InChI=1S/C7H7NO5S2/c9-8(10)7-3-1-2-6(4-7)5-14-15(11,12)13/h1-4H,5H2,(H-,11,12,13)/p+1. The first-order valence-electron chi connectivity index (χ1n) is 3.75. The molecule has 0 aromatic heterocycles. The molecule has 0 saturated heterocycles. The van der Waals surface area contributed by atoms with Crippen molar-refractivity contribution in [3.05, 3.63) is 39.9 Å². The van der Waals surface area contributed by atoms with Crippen molar-refractivity contribution in [2.45, 2.75) is 5.75 Å². The lowest BCUT2D eigenvalue weighted by Gasteiger charge is -1.91. The fraction of sp³-hybridized carbons (Fsp3) is 0.143. The third-order valence-corrected chi connectivity index (χ3v) is 3.53. The first-order valence-corrected chi connectivity index (χ1v) is 6.73. The zero-order valence-corrected chi connectivity index (χ0v) is 9.03. The Morgan fingerprint density at radius 3 is 2.67 bits per heavy atom. The molecule has 0 aliphatic rings. The number of benzene rings is 1. The van der Waals surface area contributed by atoms with Gasteiger partial charge in [0, 0.05) is 17.7 Å². The van der Waals surface area contributed by atoms with E-state index in [0.717, 1.165) is 0 Å². The molecule has 8 heteroatoms. The van der Waals surface area contributed by atoms with Gasteiger partial charge in [0.15, 0.2) is 0 Å². The Bertz CT molecular complexity index is 484. The molecule has 0 saturated carbocycles. The Hall–Kier alpha value is -1.09. The first kappa shape index (κ1) is 12.0. The number of non-ortho nitro benzene ring substituents is 1. The number of nitrogens with zero attached hydrogens (tertiary/aromatic N) is 1. The molecule has 1 aromatic rings. The maximum Gasteiger partial charge on any atom is 0.430 e. The molecule has 0 aliphatic heterocycles. The van der Waals surface area contributed by atoms with Crippen LogP contribution in [0.25, 0.3) is 0 Å². The SMILES string of the molecule is O=[N+]([O-])c1cccc(C[S+]=S(=O)(O)O)c1. The average Bonchev–Trinajstić information content (AvgIpc) is 2.14. The summed E-state index contributed by atoms with van der Waals surface area (Å²) in [4.78, 5) is 9.85. The van der Waals surface area contributed by atoms with E-state index in [1.54, 1.807) is 6.07 Å². The van der Waals surface area contributed by atoms with Gasteiger partial charge in [0.25, 0.3) is 16.0 Å². The largest absolute Gasteiger partial charge is 0.430 e. The smallest absolute Gasteiger partial charge is 0.258 e. The van der Waals surface area contributed by atoms with Crippen LogP contribution in [0.3, 0.4) is 0 Å². The molecule has 15 heavy (non-hydrogen) atoms. The molecule has 1 rings (SSSR count). The molecule has 0 aliphatic carbocycles. The predicted octanol–water partition coefficient (Wildman–Crippen LogP) is 1.32. The van der Waals surface area contributed by atoms with Crippen molar-refractivity contribution in [2.24, 2.45) is 0 Å². The van der Waals surface area contributed by atoms with Crippen LogP contribution in [0.4, 0.5) is 5.69 Å². The Labute approximate surface area is 89.4 Å². The summed E-state index contributed by atoms with van der Waals surface area (Å²) < 4.78 is 27.7. The fourth-order valence-electron chi connectivity index (χ4n) is 0.905. The molecule has 0 atom stereocenters. The van der Waals surface area contributed by atoms with Crippen LogP contribution in [0.5, 0.6) is 0 Å². The average molecular weight is 250 g/mol. The van der Waals surface area contributed by atoms with E-state index in [4.69, 9.17) is 9.11 Å². The van der Waals surface area contributed by atoms with Crippen LogP contribution in [0, 0.1) is 10.1 Å². The summed E-state index contributed by atoms with van der Waals surface area (Å²) >= 11 is 0. The molecule has 0 radical (unpaired) electrons. The van der Waals surface area contributed by atoms with E-state index < -0.39 is 14.0 Å². The lowest BCUT2D eigenvalue weighted by atomic mass is 10.2. The lowest BCUT2D eigenvalue weighted by molar-refractivity contribution is -0.384. The van der Waals surface area contributed by atoms with Gasteiger partial charge in [-0.1, -0.05) is 12.1 Å². The van der Waals surface area contributed by atoms with Crippen LogP contribution in [0.15, 0.2) is 24.3 Å². The zero-order chi connectivity index (χ0) is 11.5. The number of nitro groups is 1. The summed E-state index contributed by atoms with van der Waals surface area (Å²) in [6, 6.07) is 5.66. The van der Waals surface area contributed by atoms with Gasteiger partial charge in [0.05, 0.1) is 4.92 Å². The third-order valence-electron chi connectivity index (χ3n) is 1.50. The molecule has 0 amide bonds. The van der Waals surface area contributed by atoms with Crippen molar-refractivity contribution in [3.8, 4) is 0 Å². The van der Waals surface area contributed by atoms with E-state index >= 15 is 0 Å². The van der Waals surface area contributed by atoms with Crippen molar-refractivity contribution < 1.29 is 18.2 Å². The summed E-state index contributed by atoms with van der Waals surface area (Å²) in [5.74, 6) is 0.0352. The highest BCUT2D eigenvalue weighted by Gasteiger charge is 2.13. The van der Waals surface area contributed by atoms with Crippen molar-refractivity contribution in [3.63, 3.8) is 0 Å². The van der Waals surface area contributed by atoms with Crippen LogP contribution in [0.1, 0.15) is 5.56 Å². The van der Waals surface area contributed by atoms with Crippen LogP contribution in [-0.2, 0) is 25.1 Å². The van der Waals surface area contributed by atoms with Gasteiger partial charge >= 0.3 is 9.05 Å². The van der Waals surface area contributed by atoms with E-state index in [-0.39, 0.29) is 11.4 Å². The van der Waals surface area contributed by atoms with Gasteiger partial charge in [-0.3, -0.25) is 19.2 Å². The minimum atomic E-state index is -3.86. The van der Waals surface area contributed by atoms with Crippen molar-refractivity contribution in [1.82, 2.24) is 0 Å². The summed E-state index contributed by atoms with van der Waals surface area (Å²) in [7, 11) is -3.44. The Kier molecular flexibility index (Phi) is 3.69. The molecule has 2 N–H and O–H groups in total. The maximum absolute atomic E-state index is 10.5. The number of rotatable bonds is 3. The second-order valence-electron chi connectivity index (χ2n) is 2.64.